The van der Waals surface area contributed by atoms with Gasteiger partial charge in [-0.25, -0.2) is 4.98 Å². The topological polar surface area (TPSA) is 82.4 Å². The van der Waals surface area contributed by atoms with E-state index in [0.717, 1.165) is 4.90 Å². The number of carbonyl (C=O) groups is 1. The largest absolute Gasteiger partial charge is 0.391 e. The summed E-state index contributed by atoms with van der Waals surface area (Å²) in [6.45, 7) is 1.74. The van der Waals surface area contributed by atoms with Crippen molar-refractivity contribution in [3.8, 4) is 0 Å². The lowest BCUT2D eigenvalue weighted by molar-refractivity contribution is -0.136. The van der Waals surface area contributed by atoms with Crippen LogP contribution >= 0.6 is 11.8 Å². The number of aromatic nitrogens is 4. The van der Waals surface area contributed by atoms with Crippen molar-refractivity contribution in [3.05, 3.63) is 60.1 Å². The monoisotopic (exact) mass is 397 g/mol. The number of thioether (sulfide) groups is 1. The van der Waals surface area contributed by atoms with Crippen molar-refractivity contribution in [2.24, 2.45) is 0 Å². The second-order valence-corrected chi connectivity index (χ2v) is 7.09. The van der Waals surface area contributed by atoms with Crippen LogP contribution in [0.2, 0.25) is 0 Å². The third-order valence-electron chi connectivity index (χ3n) is 4.17. The molecular formula is C19H19N5O3S. The van der Waals surface area contributed by atoms with Crippen molar-refractivity contribution in [1.29, 1.82) is 0 Å². The number of amides is 1. The second kappa shape index (κ2) is 8.85. The molecule has 2 aromatic heterocycles. The zero-order valence-electron chi connectivity index (χ0n) is 15.0. The first-order chi connectivity index (χ1) is 13.8. The number of benzene rings is 1. The maximum Gasteiger partial charge on any atom is 0.247 e. The van der Waals surface area contributed by atoms with E-state index < -0.39 is 0 Å². The number of rotatable bonds is 6. The van der Waals surface area contributed by atoms with Crippen LogP contribution in [-0.2, 0) is 9.53 Å². The van der Waals surface area contributed by atoms with Crippen molar-refractivity contribution in [3.63, 3.8) is 0 Å². The van der Waals surface area contributed by atoms with Crippen molar-refractivity contribution in [1.82, 2.24) is 25.0 Å². The van der Waals surface area contributed by atoms with E-state index >= 15 is 0 Å². The molecule has 1 aliphatic heterocycles. The number of fused-ring (bicyclic) bond motifs is 1. The standard InChI is InChI=1S/C19H19N5O3S/c25-18(8-12-28-16-5-2-1-3-6-16)23-10-11-26-15(13-23)14-27-24-19-17(21-22-24)7-4-9-20-19/h1-9,12,15H,10-11,13-14H2. The zero-order valence-corrected chi connectivity index (χ0v) is 15.9. The van der Waals surface area contributed by atoms with Gasteiger partial charge < -0.3 is 14.5 Å². The summed E-state index contributed by atoms with van der Waals surface area (Å²) in [5, 5.41) is 9.74. The van der Waals surface area contributed by atoms with Crippen LogP contribution in [-0.4, -0.2) is 63.4 Å². The molecule has 1 aromatic carbocycles. The van der Waals surface area contributed by atoms with E-state index in [-0.39, 0.29) is 18.6 Å². The molecule has 144 valence electrons. The molecule has 1 amide bonds. The lowest BCUT2D eigenvalue weighted by Crippen LogP contribution is -2.47. The molecule has 1 fully saturated rings. The molecule has 0 spiro atoms. The molecule has 3 aromatic rings. The Kier molecular flexibility index (Phi) is 5.83. The lowest BCUT2D eigenvalue weighted by Gasteiger charge is -2.31. The van der Waals surface area contributed by atoms with Crippen LogP contribution in [0.15, 0.2) is 65.0 Å². The number of morpholine rings is 1. The molecule has 0 saturated carbocycles. The Balaban J connectivity index is 1.29. The molecule has 28 heavy (non-hydrogen) atoms. The molecule has 8 nitrogen and oxygen atoms in total. The van der Waals surface area contributed by atoms with Gasteiger partial charge in [0.15, 0.2) is 0 Å². The summed E-state index contributed by atoms with van der Waals surface area (Å²) in [5.74, 6) is -0.0374. The van der Waals surface area contributed by atoms with E-state index in [1.807, 2.05) is 41.8 Å². The summed E-state index contributed by atoms with van der Waals surface area (Å²) < 4.78 is 5.71. The summed E-state index contributed by atoms with van der Waals surface area (Å²) in [7, 11) is 0. The molecule has 1 atom stereocenters. The van der Waals surface area contributed by atoms with Crippen LogP contribution in [0.3, 0.4) is 0 Å². The van der Waals surface area contributed by atoms with Crippen LogP contribution in [0.5, 0.6) is 0 Å². The SMILES string of the molecule is O=C(C=CSc1ccccc1)N1CCOC(COn2nnc3cccnc32)C1. The van der Waals surface area contributed by atoms with Gasteiger partial charge in [0.05, 0.1) is 13.2 Å². The third-order valence-corrected chi connectivity index (χ3v) is 4.99. The van der Waals surface area contributed by atoms with Gasteiger partial charge >= 0.3 is 0 Å². The Bertz CT molecular complexity index is 962. The summed E-state index contributed by atoms with van der Waals surface area (Å²) in [6.07, 6.45) is 3.01. The summed E-state index contributed by atoms with van der Waals surface area (Å²) in [5.41, 5.74) is 1.21. The van der Waals surface area contributed by atoms with Crippen molar-refractivity contribution < 1.29 is 14.4 Å². The third kappa shape index (κ3) is 4.49. The maximum atomic E-state index is 12.4. The summed E-state index contributed by atoms with van der Waals surface area (Å²) >= 11 is 1.51. The Morgan fingerprint density at radius 3 is 3.07 bits per heavy atom. The fourth-order valence-corrected chi connectivity index (χ4v) is 3.44. The Hall–Kier alpha value is -2.91. The number of hydrogen-bond donors (Lipinski definition) is 0. The van der Waals surface area contributed by atoms with Crippen LogP contribution in [0.25, 0.3) is 11.2 Å². The van der Waals surface area contributed by atoms with Gasteiger partial charge in [-0.3, -0.25) is 4.79 Å². The van der Waals surface area contributed by atoms with E-state index in [9.17, 15) is 4.79 Å². The predicted octanol–water partition coefficient (Wildman–Crippen LogP) is 1.79. The highest BCUT2D eigenvalue weighted by atomic mass is 32.2. The molecule has 3 heterocycles. The number of carbonyl (C=O) groups excluding carboxylic acids is 1. The molecule has 0 N–H and O–H groups in total. The normalized spacial score (nSPS) is 17.3. The molecule has 0 bridgehead atoms. The molecular weight excluding hydrogens is 378 g/mol. The van der Waals surface area contributed by atoms with Gasteiger partial charge in [0.2, 0.25) is 11.6 Å². The molecule has 4 rings (SSSR count). The summed E-state index contributed by atoms with van der Waals surface area (Å²) in [6, 6.07) is 13.5. The van der Waals surface area contributed by atoms with E-state index in [1.165, 1.54) is 16.6 Å². The highest BCUT2D eigenvalue weighted by molar-refractivity contribution is 8.02. The Morgan fingerprint density at radius 2 is 2.18 bits per heavy atom. The Labute approximate surface area is 166 Å². The number of nitrogens with zero attached hydrogens (tertiary/aromatic N) is 5. The fourth-order valence-electron chi connectivity index (χ4n) is 2.78. The average molecular weight is 397 g/mol. The first-order valence-corrected chi connectivity index (χ1v) is 9.76. The molecule has 1 saturated heterocycles. The zero-order chi connectivity index (χ0) is 19.2. The predicted molar refractivity (Wildman–Crippen MR) is 105 cm³/mol. The minimum absolute atomic E-state index is 0.0374. The highest BCUT2D eigenvalue weighted by Gasteiger charge is 2.24. The minimum atomic E-state index is -0.240. The first kappa shape index (κ1) is 18.5. The van der Waals surface area contributed by atoms with Gasteiger partial charge in [-0.1, -0.05) is 34.8 Å². The van der Waals surface area contributed by atoms with E-state index in [2.05, 4.69) is 15.3 Å². The van der Waals surface area contributed by atoms with E-state index in [0.29, 0.717) is 30.9 Å². The smallest absolute Gasteiger partial charge is 0.247 e. The van der Waals surface area contributed by atoms with Crippen LogP contribution in [0, 0.1) is 0 Å². The van der Waals surface area contributed by atoms with Crippen molar-refractivity contribution in [2.75, 3.05) is 26.3 Å². The van der Waals surface area contributed by atoms with Gasteiger partial charge in [-0.05, 0) is 34.9 Å². The molecule has 0 aliphatic carbocycles. The number of hydrogen-bond acceptors (Lipinski definition) is 7. The van der Waals surface area contributed by atoms with Crippen LogP contribution < -0.4 is 4.84 Å². The number of pyridine rings is 1. The summed E-state index contributed by atoms with van der Waals surface area (Å²) in [4.78, 5) is 26.4. The minimum Gasteiger partial charge on any atom is -0.391 e. The molecule has 1 unspecified atom stereocenters. The number of ether oxygens (including phenoxy) is 1. The lowest BCUT2D eigenvalue weighted by atomic mass is 10.3. The molecule has 1 aliphatic rings. The quantitative estimate of drug-likeness (QED) is 0.463. The average Bonchev–Trinajstić information content (AvgIpc) is 3.16. The van der Waals surface area contributed by atoms with Gasteiger partial charge in [0, 0.05) is 23.7 Å². The van der Waals surface area contributed by atoms with E-state index in [4.69, 9.17) is 9.57 Å². The maximum absolute atomic E-state index is 12.4. The van der Waals surface area contributed by atoms with Gasteiger partial charge in [0.1, 0.15) is 18.2 Å². The van der Waals surface area contributed by atoms with E-state index in [1.54, 1.807) is 23.2 Å². The second-order valence-electron chi connectivity index (χ2n) is 6.11. The van der Waals surface area contributed by atoms with Crippen LogP contribution in [0.1, 0.15) is 0 Å². The fraction of sp³-hybridized carbons (Fsp3) is 0.263. The molecule has 0 radical (unpaired) electrons. The van der Waals surface area contributed by atoms with Crippen LogP contribution in [0.4, 0.5) is 0 Å². The van der Waals surface area contributed by atoms with Gasteiger partial charge in [-0.2, -0.15) is 0 Å². The highest BCUT2D eigenvalue weighted by Crippen LogP contribution is 2.18. The van der Waals surface area contributed by atoms with Gasteiger partial charge in [-0.15, -0.1) is 5.10 Å². The molecule has 9 heteroatoms. The van der Waals surface area contributed by atoms with Gasteiger partial charge in [0.25, 0.3) is 0 Å². The van der Waals surface area contributed by atoms with Crippen molar-refractivity contribution >= 4 is 28.8 Å². The Morgan fingerprint density at radius 1 is 1.29 bits per heavy atom. The van der Waals surface area contributed by atoms with Crippen molar-refractivity contribution in [2.45, 2.75) is 11.0 Å². The first-order valence-electron chi connectivity index (χ1n) is 8.88.